The van der Waals surface area contributed by atoms with Crippen molar-refractivity contribution in [2.24, 2.45) is 0 Å². The topological polar surface area (TPSA) is 77.5 Å². The molecule has 3 rings (SSSR count). The van der Waals surface area contributed by atoms with E-state index in [4.69, 9.17) is 25.2 Å². The Balaban J connectivity index is 1.92. The van der Waals surface area contributed by atoms with Gasteiger partial charge in [0, 0.05) is 6.07 Å². The maximum absolute atomic E-state index is 8.91. The van der Waals surface area contributed by atoms with Gasteiger partial charge in [0.25, 0.3) is 0 Å². The van der Waals surface area contributed by atoms with E-state index in [0.29, 0.717) is 34.2 Å². The molecule has 0 fully saturated rings. The standard InChI is InChI=1S/C14H10N2O3/c15-7-9-2-1-3-12(14(9)16)19-10-4-5-11-13(6-10)18-8-17-11/h1-6H,8,16H2. The average molecular weight is 254 g/mol. The van der Waals surface area contributed by atoms with E-state index in [1.54, 1.807) is 36.4 Å². The fourth-order valence-electron chi connectivity index (χ4n) is 1.80. The number of nitrogens with two attached hydrogens (primary N) is 1. The van der Waals surface area contributed by atoms with E-state index in [1.807, 2.05) is 6.07 Å². The summed E-state index contributed by atoms with van der Waals surface area (Å²) in [7, 11) is 0. The van der Waals surface area contributed by atoms with Crippen LogP contribution >= 0.6 is 0 Å². The van der Waals surface area contributed by atoms with Crippen LogP contribution in [0.3, 0.4) is 0 Å². The van der Waals surface area contributed by atoms with Crippen LogP contribution in [0.5, 0.6) is 23.0 Å². The maximum atomic E-state index is 8.91. The van der Waals surface area contributed by atoms with Crippen LogP contribution in [-0.4, -0.2) is 6.79 Å². The van der Waals surface area contributed by atoms with Crippen molar-refractivity contribution in [2.45, 2.75) is 0 Å². The second-order valence-corrected chi connectivity index (χ2v) is 3.95. The van der Waals surface area contributed by atoms with Crippen molar-refractivity contribution in [1.82, 2.24) is 0 Å². The SMILES string of the molecule is N#Cc1cccc(Oc2ccc3c(c2)OCO3)c1N. The highest BCUT2D eigenvalue weighted by molar-refractivity contribution is 5.64. The van der Waals surface area contributed by atoms with Gasteiger partial charge in [-0.2, -0.15) is 5.26 Å². The number of rotatable bonds is 2. The molecule has 0 saturated heterocycles. The molecule has 0 amide bonds. The molecule has 5 nitrogen and oxygen atoms in total. The highest BCUT2D eigenvalue weighted by Gasteiger charge is 2.14. The predicted octanol–water partition coefficient (Wildman–Crippen LogP) is 2.66. The van der Waals surface area contributed by atoms with Gasteiger partial charge in [0.05, 0.1) is 11.3 Å². The van der Waals surface area contributed by atoms with Crippen LogP contribution in [0, 0.1) is 11.3 Å². The van der Waals surface area contributed by atoms with Gasteiger partial charge >= 0.3 is 0 Å². The number of nitriles is 1. The van der Waals surface area contributed by atoms with Crippen molar-refractivity contribution >= 4 is 5.69 Å². The van der Waals surface area contributed by atoms with E-state index in [9.17, 15) is 0 Å². The molecule has 1 aliphatic rings. The number of fused-ring (bicyclic) bond motifs is 1. The number of nitrogen functional groups attached to an aromatic ring is 1. The molecule has 0 unspecified atom stereocenters. The van der Waals surface area contributed by atoms with Gasteiger partial charge in [0.15, 0.2) is 17.2 Å². The van der Waals surface area contributed by atoms with Crippen LogP contribution in [0.15, 0.2) is 36.4 Å². The smallest absolute Gasteiger partial charge is 0.231 e. The van der Waals surface area contributed by atoms with E-state index in [2.05, 4.69) is 0 Å². The molecule has 0 radical (unpaired) electrons. The monoisotopic (exact) mass is 254 g/mol. The summed E-state index contributed by atoms with van der Waals surface area (Å²) in [5, 5.41) is 8.91. The summed E-state index contributed by atoms with van der Waals surface area (Å²) in [5.41, 5.74) is 6.56. The Labute approximate surface area is 109 Å². The summed E-state index contributed by atoms with van der Waals surface area (Å²) >= 11 is 0. The molecule has 5 heteroatoms. The molecule has 19 heavy (non-hydrogen) atoms. The Bertz CT molecular complexity index is 677. The van der Waals surface area contributed by atoms with E-state index in [0.717, 1.165) is 0 Å². The van der Waals surface area contributed by atoms with Crippen LogP contribution in [0.4, 0.5) is 5.69 Å². The summed E-state index contributed by atoms with van der Waals surface area (Å²) in [4.78, 5) is 0. The Kier molecular flexibility index (Phi) is 2.62. The number of benzene rings is 2. The van der Waals surface area contributed by atoms with Crippen molar-refractivity contribution in [2.75, 3.05) is 12.5 Å². The molecule has 0 spiro atoms. The minimum atomic E-state index is 0.213. The lowest BCUT2D eigenvalue weighted by atomic mass is 10.2. The van der Waals surface area contributed by atoms with Gasteiger partial charge in [-0.05, 0) is 24.3 Å². The molecular weight excluding hydrogens is 244 g/mol. The van der Waals surface area contributed by atoms with Crippen molar-refractivity contribution in [3.8, 4) is 29.1 Å². The molecule has 2 aromatic carbocycles. The van der Waals surface area contributed by atoms with E-state index >= 15 is 0 Å². The molecule has 2 N–H and O–H groups in total. The van der Waals surface area contributed by atoms with Gasteiger partial charge in [-0.3, -0.25) is 0 Å². The first-order chi connectivity index (χ1) is 9.28. The lowest BCUT2D eigenvalue weighted by Gasteiger charge is -2.09. The molecular formula is C14H10N2O3. The lowest BCUT2D eigenvalue weighted by Crippen LogP contribution is -1.95. The zero-order valence-electron chi connectivity index (χ0n) is 9.92. The van der Waals surface area contributed by atoms with Gasteiger partial charge in [0.1, 0.15) is 11.8 Å². The van der Waals surface area contributed by atoms with Gasteiger partial charge in [-0.25, -0.2) is 0 Å². The minimum Gasteiger partial charge on any atom is -0.455 e. The van der Waals surface area contributed by atoms with Gasteiger partial charge in [-0.1, -0.05) is 6.07 Å². The highest BCUT2D eigenvalue weighted by atomic mass is 16.7. The molecule has 1 heterocycles. The lowest BCUT2D eigenvalue weighted by molar-refractivity contribution is 0.174. The van der Waals surface area contributed by atoms with Crippen molar-refractivity contribution < 1.29 is 14.2 Å². The molecule has 0 saturated carbocycles. The Morgan fingerprint density at radius 2 is 2.00 bits per heavy atom. The Morgan fingerprint density at radius 1 is 1.16 bits per heavy atom. The van der Waals surface area contributed by atoms with Crippen LogP contribution in [0.25, 0.3) is 0 Å². The number of nitrogens with zero attached hydrogens (tertiary/aromatic N) is 1. The first-order valence-electron chi connectivity index (χ1n) is 5.64. The molecule has 0 atom stereocenters. The molecule has 0 aliphatic carbocycles. The fourth-order valence-corrected chi connectivity index (χ4v) is 1.80. The second-order valence-electron chi connectivity index (χ2n) is 3.95. The summed E-state index contributed by atoms with van der Waals surface area (Å²) in [6.07, 6.45) is 0. The van der Waals surface area contributed by atoms with Gasteiger partial charge in [-0.15, -0.1) is 0 Å². The summed E-state index contributed by atoms with van der Waals surface area (Å²) in [5.74, 6) is 2.34. The molecule has 1 aliphatic heterocycles. The molecule has 94 valence electrons. The minimum absolute atomic E-state index is 0.213. The van der Waals surface area contributed by atoms with Crippen molar-refractivity contribution in [3.05, 3.63) is 42.0 Å². The summed E-state index contributed by atoms with van der Waals surface area (Å²) in [6, 6.07) is 12.3. The van der Waals surface area contributed by atoms with Gasteiger partial charge < -0.3 is 19.9 Å². The van der Waals surface area contributed by atoms with Crippen molar-refractivity contribution in [3.63, 3.8) is 0 Å². The molecule has 0 aromatic heterocycles. The zero-order valence-corrected chi connectivity index (χ0v) is 9.92. The third kappa shape index (κ3) is 2.00. The van der Waals surface area contributed by atoms with Crippen LogP contribution in [0.2, 0.25) is 0 Å². The van der Waals surface area contributed by atoms with E-state index in [-0.39, 0.29) is 6.79 Å². The number of hydrogen-bond acceptors (Lipinski definition) is 5. The molecule has 0 bridgehead atoms. The van der Waals surface area contributed by atoms with Crippen LogP contribution < -0.4 is 19.9 Å². The first kappa shape index (κ1) is 11.2. The second kappa shape index (κ2) is 4.42. The number of anilines is 1. The maximum Gasteiger partial charge on any atom is 0.231 e. The number of ether oxygens (including phenoxy) is 3. The third-order valence-corrected chi connectivity index (χ3v) is 2.76. The normalized spacial score (nSPS) is 11.9. The highest BCUT2D eigenvalue weighted by Crippen LogP contribution is 2.37. The van der Waals surface area contributed by atoms with E-state index in [1.165, 1.54) is 0 Å². The quantitative estimate of drug-likeness (QED) is 0.833. The van der Waals surface area contributed by atoms with Crippen molar-refractivity contribution in [1.29, 1.82) is 5.26 Å². The molecule has 2 aromatic rings. The number of para-hydroxylation sites is 1. The van der Waals surface area contributed by atoms with Crippen LogP contribution in [0.1, 0.15) is 5.56 Å². The summed E-state index contributed by atoms with van der Waals surface area (Å²) in [6.45, 7) is 0.213. The predicted molar refractivity (Wildman–Crippen MR) is 68.2 cm³/mol. The average Bonchev–Trinajstić information content (AvgIpc) is 2.88. The Hall–Kier alpha value is -2.87. The zero-order chi connectivity index (χ0) is 13.2. The van der Waals surface area contributed by atoms with Crippen LogP contribution in [-0.2, 0) is 0 Å². The first-order valence-corrected chi connectivity index (χ1v) is 5.64. The Morgan fingerprint density at radius 3 is 2.84 bits per heavy atom. The third-order valence-electron chi connectivity index (χ3n) is 2.76. The van der Waals surface area contributed by atoms with E-state index < -0.39 is 0 Å². The number of hydrogen-bond donors (Lipinski definition) is 1. The largest absolute Gasteiger partial charge is 0.455 e. The fraction of sp³-hybridized carbons (Fsp3) is 0.0714. The van der Waals surface area contributed by atoms with Gasteiger partial charge in [0.2, 0.25) is 6.79 Å². The summed E-state index contributed by atoms with van der Waals surface area (Å²) < 4.78 is 16.1.